The van der Waals surface area contributed by atoms with Gasteiger partial charge in [-0.2, -0.15) is 5.26 Å². The molecule has 1 aliphatic carbocycles. The van der Waals surface area contributed by atoms with Gasteiger partial charge in [-0.15, -0.1) is 0 Å². The lowest BCUT2D eigenvalue weighted by Crippen LogP contribution is -2.25. The van der Waals surface area contributed by atoms with Crippen LogP contribution in [0.5, 0.6) is 0 Å². The van der Waals surface area contributed by atoms with Crippen LogP contribution in [-0.4, -0.2) is 9.97 Å². The lowest BCUT2D eigenvalue weighted by Gasteiger charge is -2.13. The Bertz CT molecular complexity index is 669. The summed E-state index contributed by atoms with van der Waals surface area (Å²) in [5.41, 5.74) is 0.266. The van der Waals surface area contributed by atoms with Gasteiger partial charge in [0.25, 0.3) is 0 Å². The molecule has 1 aromatic rings. The second-order valence-corrected chi connectivity index (χ2v) is 6.98. The largest absolute Gasteiger partial charge is 0.338 e. The third-order valence-electron chi connectivity index (χ3n) is 2.49. The highest BCUT2D eigenvalue weighted by atomic mass is 35.6. The van der Waals surface area contributed by atoms with Gasteiger partial charge >= 0.3 is 0 Å². The topological polar surface area (TPSA) is 52.5 Å². The van der Waals surface area contributed by atoms with E-state index in [1.807, 2.05) is 26.0 Å². The van der Waals surface area contributed by atoms with Crippen molar-refractivity contribution in [1.29, 1.82) is 5.26 Å². The molecular weight excluding hydrogens is 293 g/mol. The number of imidazole rings is 1. The van der Waals surface area contributed by atoms with Crippen molar-refractivity contribution in [3.8, 4) is 6.07 Å². The maximum absolute atomic E-state index is 9.06. The number of aromatic amines is 1. The normalized spacial score (nSPS) is 17.7. The number of nitrogens with zero attached hydrogens (tertiary/aromatic N) is 2. The van der Waals surface area contributed by atoms with Crippen LogP contribution in [0.3, 0.4) is 0 Å². The minimum Gasteiger partial charge on any atom is -0.338 e. The van der Waals surface area contributed by atoms with Crippen molar-refractivity contribution in [3.05, 3.63) is 28.2 Å². The van der Waals surface area contributed by atoms with E-state index in [9.17, 15) is 0 Å². The predicted molar refractivity (Wildman–Crippen MR) is 73.5 cm³/mol. The van der Waals surface area contributed by atoms with Crippen molar-refractivity contribution in [1.82, 2.24) is 9.97 Å². The summed E-state index contributed by atoms with van der Waals surface area (Å²) in [6.07, 6.45) is 5.50. The van der Waals surface area contributed by atoms with Crippen molar-refractivity contribution < 1.29 is 0 Å². The SMILES string of the molecule is CC1(C)C=C(C#N)C=c2[nH]c(C(Cl)(Cl)Cl)nc2=C1. The molecule has 0 saturated carbocycles. The van der Waals surface area contributed by atoms with Crippen molar-refractivity contribution in [3.63, 3.8) is 0 Å². The molecule has 6 heteroatoms. The number of hydrogen-bond donors (Lipinski definition) is 1. The fourth-order valence-corrected chi connectivity index (χ4v) is 2.08. The van der Waals surface area contributed by atoms with E-state index < -0.39 is 3.79 Å². The number of H-pyrrole nitrogens is 1. The molecule has 2 rings (SSSR count). The fraction of sp³-hybridized carbons (Fsp3) is 0.333. The smallest absolute Gasteiger partial charge is 0.248 e. The molecule has 0 atom stereocenters. The average molecular weight is 303 g/mol. The molecular formula is C12H10Cl3N3. The van der Waals surface area contributed by atoms with Crippen LogP contribution < -0.4 is 10.7 Å². The molecule has 0 radical (unpaired) electrons. The number of nitriles is 1. The molecule has 0 aliphatic heterocycles. The Balaban J connectivity index is 2.74. The van der Waals surface area contributed by atoms with Gasteiger partial charge in [-0.05, 0) is 12.2 Å². The minimum absolute atomic E-state index is 0.250. The number of alkyl halides is 3. The first-order valence-corrected chi connectivity index (χ1v) is 6.35. The minimum atomic E-state index is -1.60. The van der Waals surface area contributed by atoms with Crippen molar-refractivity contribution >= 4 is 47.0 Å². The Kier molecular flexibility index (Phi) is 3.23. The van der Waals surface area contributed by atoms with Crippen LogP contribution in [0.25, 0.3) is 12.2 Å². The summed E-state index contributed by atoms with van der Waals surface area (Å²) in [7, 11) is 0. The number of fused-ring (bicyclic) bond motifs is 1. The monoisotopic (exact) mass is 301 g/mol. The van der Waals surface area contributed by atoms with Crippen molar-refractivity contribution in [2.24, 2.45) is 5.41 Å². The quantitative estimate of drug-likeness (QED) is 0.748. The maximum Gasteiger partial charge on any atom is 0.248 e. The Morgan fingerprint density at radius 3 is 2.56 bits per heavy atom. The summed E-state index contributed by atoms with van der Waals surface area (Å²) in [4.78, 5) is 7.20. The van der Waals surface area contributed by atoms with Gasteiger partial charge in [0.05, 0.1) is 22.3 Å². The molecule has 94 valence electrons. The van der Waals surface area contributed by atoms with E-state index in [0.717, 1.165) is 0 Å². The molecule has 0 aromatic carbocycles. The zero-order chi connectivity index (χ0) is 13.6. The Morgan fingerprint density at radius 1 is 1.33 bits per heavy atom. The first kappa shape index (κ1) is 13.5. The Labute approximate surface area is 119 Å². The summed E-state index contributed by atoms with van der Waals surface area (Å²) in [6.45, 7) is 3.97. The molecule has 0 amide bonds. The second-order valence-electron chi connectivity index (χ2n) is 4.70. The molecule has 1 aromatic heterocycles. The van der Waals surface area contributed by atoms with E-state index in [-0.39, 0.29) is 11.2 Å². The first-order chi connectivity index (χ1) is 8.21. The number of nitrogens with one attached hydrogen (secondary N) is 1. The first-order valence-electron chi connectivity index (χ1n) is 5.22. The third kappa shape index (κ3) is 2.72. The van der Waals surface area contributed by atoms with Gasteiger partial charge in [-0.25, -0.2) is 4.98 Å². The van der Waals surface area contributed by atoms with E-state index >= 15 is 0 Å². The predicted octanol–water partition coefficient (Wildman–Crippen LogP) is 2.29. The van der Waals surface area contributed by atoms with Gasteiger partial charge in [0.1, 0.15) is 0 Å². The van der Waals surface area contributed by atoms with Gasteiger partial charge in [-0.1, -0.05) is 54.7 Å². The Hall–Kier alpha value is -0.950. The summed E-state index contributed by atoms with van der Waals surface area (Å²) < 4.78 is -1.60. The Morgan fingerprint density at radius 2 is 2.00 bits per heavy atom. The molecule has 3 nitrogen and oxygen atoms in total. The van der Waals surface area contributed by atoms with Gasteiger partial charge in [0.15, 0.2) is 5.82 Å². The average Bonchev–Trinajstić information content (AvgIpc) is 2.53. The van der Waals surface area contributed by atoms with Gasteiger partial charge in [0.2, 0.25) is 3.79 Å². The molecule has 1 N–H and O–H groups in total. The molecule has 0 bridgehead atoms. The zero-order valence-corrected chi connectivity index (χ0v) is 12.0. The van der Waals surface area contributed by atoms with Gasteiger partial charge in [0, 0.05) is 5.41 Å². The third-order valence-corrected chi connectivity index (χ3v) is 3.03. The summed E-state index contributed by atoms with van der Waals surface area (Å²) >= 11 is 17.4. The highest BCUT2D eigenvalue weighted by Crippen LogP contribution is 2.34. The second kappa shape index (κ2) is 4.31. The number of rotatable bonds is 0. The summed E-state index contributed by atoms with van der Waals surface area (Å²) in [5.74, 6) is 0.250. The number of hydrogen-bond acceptors (Lipinski definition) is 2. The highest BCUT2D eigenvalue weighted by molar-refractivity contribution is 6.66. The van der Waals surface area contributed by atoms with Crippen LogP contribution in [0.2, 0.25) is 0 Å². The van der Waals surface area contributed by atoms with Gasteiger partial charge in [-0.3, -0.25) is 0 Å². The van der Waals surface area contributed by atoms with Crippen LogP contribution in [0.4, 0.5) is 0 Å². The number of halogens is 3. The summed E-state index contributed by atoms with van der Waals surface area (Å²) in [6, 6.07) is 2.13. The molecule has 0 fully saturated rings. The molecule has 1 heterocycles. The van der Waals surface area contributed by atoms with E-state index in [0.29, 0.717) is 16.3 Å². The van der Waals surface area contributed by atoms with Crippen molar-refractivity contribution in [2.45, 2.75) is 17.6 Å². The molecule has 1 aliphatic rings. The van der Waals surface area contributed by atoms with E-state index in [1.54, 1.807) is 6.08 Å². The van der Waals surface area contributed by atoms with E-state index in [4.69, 9.17) is 40.1 Å². The number of allylic oxidation sites excluding steroid dienone is 2. The molecule has 18 heavy (non-hydrogen) atoms. The highest BCUT2D eigenvalue weighted by Gasteiger charge is 2.27. The van der Waals surface area contributed by atoms with E-state index in [2.05, 4.69) is 16.0 Å². The van der Waals surface area contributed by atoms with Crippen LogP contribution in [0.15, 0.2) is 11.6 Å². The summed E-state index contributed by atoms with van der Waals surface area (Å²) in [5, 5.41) is 10.4. The standard InChI is InChI=1S/C12H10Cl3N3/c1-11(2)4-7(6-16)3-8-9(5-11)18-10(17-8)12(13,14)15/h3-5H,1-2H3,(H,17,18). The maximum atomic E-state index is 9.06. The van der Waals surface area contributed by atoms with Crippen LogP contribution in [0.1, 0.15) is 19.7 Å². The number of aromatic nitrogens is 2. The fourth-order valence-electron chi connectivity index (χ4n) is 1.81. The van der Waals surface area contributed by atoms with Crippen molar-refractivity contribution in [2.75, 3.05) is 0 Å². The molecule has 0 saturated heterocycles. The van der Waals surface area contributed by atoms with Crippen LogP contribution >= 0.6 is 34.8 Å². The molecule has 0 spiro atoms. The zero-order valence-electron chi connectivity index (χ0n) is 9.76. The van der Waals surface area contributed by atoms with Gasteiger partial charge < -0.3 is 4.98 Å². The lowest BCUT2D eigenvalue weighted by molar-refractivity contribution is 0.667. The lowest BCUT2D eigenvalue weighted by atomic mass is 9.91. The van der Waals surface area contributed by atoms with Crippen LogP contribution in [0, 0.1) is 16.7 Å². The van der Waals surface area contributed by atoms with E-state index in [1.165, 1.54) is 0 Å². The van der Waals surface area contributed by atoms with Crippen LogP contribution in [-0.2, 0) is 3.79 Å². The molecule has 0 unspecified atom stereocenters.